The summed E-state index contributed by atoms with van der Waals surface area (Å²) in [6.45, 7) is 2.00. The molecule has 1 aromatic heterocycles. The molecule has 4 heteroatoms. The lowest BCUT2D eigenvalue weighted by atomic mass is 9.99. The van der Waals surface area contributed by atoms with Crippen molar-refractivity contribution in [3.8, 4) is 5.75 Å². The number of nitrogens with zero attached hydrogens (tertiary/aromatic N) is 1. The van der Waals surface area contributed by atoms with Gasteiger partial charge in [-0.3, -0.25) is 4.98 Å². The molecule has 0 fully saturated rings. The van der Waals surface area contributed by atoms with E-state index in [-0.39, 0.29) is 6.04 Å². The number of ether oxygens (including phenoxy) is 1. The largest absolute Gasteiger partial charge is 0.496 e. The van der Waals surface area contributed by atoms with E-state index in [1.807, 2.05) is 37.4 Å². The summed E-state index contributed by atoms with van der Waals surface area (Å²) in [5, 5.41) is 0. The van der Waals surface area contributed by atoms with Crippen LogP contribution in [0.15, 0.2) is 41.1 Å². The minimum Gasteiger partial charge on any atom is -0.496 e. The van der Waals surface area contributed by atoms with Gasteiger partial charge in [-0.1, -0.05) is 28.1 Å². The number of nitrogens with two attached hydrogens (primary N) is 1. The van der Waals surface area contributed by atoms with Crippen molar-refractivity contribution in [2.24, 2.45) is 5.73 Å². The molecular formula is C14H15BrN2O. The van der Waals surface area contributed by atoms with Crippen LogP contribution < -0.4 is 10.5 Å². The predicted octanol–water partition coefficient (Wildman–Crippen LogP) is 3.21. The van der Waals surface area contributed by atoms with Crippen LogP contribution in [0.4, 0.5) is 0 Å². The Balaban J connectivity index is 2.42. The fourth-order valence-electron chi connectivity index (χ4n) is 1.87. The van der Waals surface area contributed by atoms with E-state index in [0.29, 0.717) is 0 Å². The molecule has 94 valence electrons. The number of benzene rings is 1. The van der Waals surface area contributed by atoms with Crippen molar-refractivity contribution in [1.29, 1.82) is 0 Å². The molecule has 0 radical (unpaired) electrons. The standard InChI is InChI=1S/C14H15BrN2O/c1-9-5-10(8-17-7-9)14(16)12-4-3-11(15)6-13(12)18-2/h3-8,14H,16H2,1-2H3. The molecular weight excluding hydrogens is 292 g/mol. The Morgan fingerprint density at radius 3 is 2.72 bits per heavy atom. The maximum absolute atomic E-state index is 6.28. The highest BCUT2D eigenvalue weighted by molar-refractivity contribution is 9.10. The van der Waals surface area contributed by atoms with Crippen molar-refractivity contribution in [3.05, 3.63) is 57.8 Å². The number of hydrogen-bond acceptors (Lipinski definition) is 3. The van der Waals surface area contributed by atoms with Crippen LogP contribution in [0.25, 0.3) is 0 Å². The zero-order chi connectivity index (χ0) is 13.1. The first-order chi connectivity index (χ1) is 8.61. The topological polar surface area (TPSA) is 48.1 Å². The third-order valence-corrected chi connectivity index (χ3v) is 3.28. The summed E-state index contributed by atoms with van der Waals surface area (Å²) in [6, 6.07) is 7.65. The van der Waals surface area contributed by atoms with Crippen molar-refractivity contribution in [2.45, 2.75) is 13.0 Å². The molecule has 0 aliphatic heterocycles. The number of hydrogen-bond donors (Lipinski definition) is 1. The van der Waals surface area contributed by atoms with Crippen LogP contribution in [0.2, 0.25) is 0 Å². The van der Waals surface area contributed by atoms with Gasteiger partial charge in [0, 0.05) is 22.4 Å². The summed E-state index contributed by atoms with van der Waals surface area (Å²) >= 11 is 3.42. The number of rotatable bonds is 3. The van der Waals surface area contributed by atoms with E-state index >= 15 is 0 Å². The van der Waals surface area contributed by atoms with Gasteiger partial charge in [-0.05, 0) is 30.2 Å². The fraction of sp³-hybridized carbons (Fsp3) is 0.214. The van der Waals surface area contributed by atoms with Crippen molar-refractivity contribution >= 4 is 15.9 Å². The minimum atomic E-state index is -0.236. The first kappa shape index (κ1) is 13.1. The van der Waals surface area contributed by atoms with Crippen LogP contribution in [0, 0.1) is 6.92 Å². The molecule has 3 nitrogen and oxygen atoms in total. The first-order valence-corrected chi connectivity index (χ1v) is 6.41. The molecule has 0 bridgehead atoms. The zero-order valence-electron chi connectivity index (χ0n) is 10.4. The Bertz CT molecular complexity index is 557. The number of methoxy groups -OCH3 is 1. The summed E-state index contributed by atoms with van der Waals surface area (Å²) in [5.74, 6) is 0.776. The van der Waals surface area contributed by atoms with Gasteiger partial charge >= 0.3 is 0 Å². The Labute approximate surface area is 115 Å². The SMILES string of the molecule is COc1cc(Br)ccc1C(N)c1cncc(C)c1. The molecule has 1 atom stereocenters. The molecule has 0 spiro atoms. The van der Waals surface area contributed by atoms with E-state index in [0.717, 1.165) is 26.9 Å². The molecule has 0 saturated heterocycles. The van der Waals surface area contributed by atoms with Crippen LogP contribution in [-0.2, 0) is 0 Å². The summed E-state index contributed by atoms with van der Waals surface area (Å²) in [7, 11) is 1.65. The molecule has 0 aliphatic carbocycles. The van der Waals surface area contributed by atoms with E-state index in [9.17, 15) is 0 Å². The van der Waals surface area contributed by atoms with Crippen molar-refractivity contribution in [2.75, 3.05) is 7.11 Å². The average Bonchev–Trinajstić information content (AvgIpc) is 2.37. The molecule has 2 aromatic rings. The number of aromatic nitrogens is 1. The van der Waals surface area contributed by atoms with Gasteiger partial charge in [-0.2, -0.15) is 0 Å². The van der Waals surface area contributed by atoms with E-state index < -0.39 is 0 Å². The lowest BCUT2D eigenvalue weighted by Crippen LogP contribution is -2.13. The summed E-state index contributed by atoms with van der Waals surface area (Å²) in [6.07, 6.45) is 3.61. The highest BCUT2D eigenvalue weighted by Gasteiger charge is 2.14. The summed E-state index contributed by atoms with van der Waals surface area (Å²) in [4.78, 5) is 4.17. The smallest absolute Gasteiger partial charge is 0.125 e. The zero-order valence-corrected chi connectivity index (χ0v) is 11.9. The summed E-state index contributed by atoms with van der Waals surface area (Å²) < 4.78 is 6.34. The van der Waals surface area contributed by atoms with E-state index in [1.165, 1.54) is 0 Å². The van der Waals surface area contributed by atoms with Crippen molar-refractivity contribution in [1.82, 2.24) is 4.98 Å². The van der Waals surface area contributed by atoms with Crippen LogP contribution >= 0.6 is 15.9 Å². The van der Waals surface area contributed by atoms with Gasteiger partial charge in [0.25, 0.3) is 0 Å². The second-order valence-corrected chi connectivity index (χ2v) is 5.08. The van der Waals surface area contributed by atoms with Crippen LogP contribution in [0.5, 0.6) is 5.75 Å². The molecule has 18 heavy (non-hydrogen) atoms. The average molecular weight is 307 g/mol. The third kappa shape index (κ3) is 2.71. The highest BCUT2D eigenvalue weighted by atomic mass is 79.9. The van der Waals surface area contributed by atoms with Gasteiger partial charge in [0.1, 0.15) is 5.75 Å². The lowest BCUT2D eigenvalue weighted by molar-refractivity contribution is 0.407. The molecule has 1 aromatic carbocycles. The van der Waals surface area contributed by atoms with E-state index in [4.69, 9.17) is 10.5 Å². The third-order valence-electron chi connectivity index (χ3n) is 2.79. The fourth-order valence-corrected chi connectivity index (χ4v) is 2.21. The van der Waals surface area contributed by atoms with E-state index in [1.54, 1.807) is 13.3 Å². The van der Waals surface area contributed by atoms with Gasteiger partial charge in [0.05, 0.1) is 13.2 Å². The lowest BCUT2D eigenvalue weighted by Gasteiger charge is -2.16. The number of aryl methyl sites for hydroxylation is 1. The molecule has 2 rings (SSSR count). The molecule has 2 N–H and O–H groups in total. The van der Waals surface area contributed by atoms with E-state index in [2.05, 4.69) is 20.9 Å². The maximum Gasteiger partial charge on any atom is 0.125 e. The van der Waals surface area contributed by atoms with Crippen LogP contribution in [-0.4, -0.2) is 12.1 Å². The van der Waals surface area contributed by atoms with Crippen molar-refractivity contribution in [3.63, 3.8) is 0 Å². The molecule has 0 amide bonds. The van der Waals surface area contributed by atoms with Gasteiger partial charge in [-0.15, -0.1) is 0 Å². The molecule has 0 aliphatic rings. The second-order valence-electron chi connectivity index (χ2n) is 4.16. The van der Waals surface area contributed by atoms with Gasteiger partial charge in [0.15, 0.2) is 0 Å². The summed E-state index contributed by atoms with van der Waals surface area (Å²) in [5.41, 5.74) is 9.31. The normalized spacial score (nSPS) is 12.2. The Morgan fingerprint density at radius 2 is 2.06 bits per heavy atom. The Kier molecular flexibility index (Phi) is 3.99. The Hall–Kier alpha value is -1.39. The molecule has 0 saturated carbocycles. The van der Waals surface area contributed by atoms with Gasteiger partial charge in [0.2, 0.25) is 0 Å². The van der Waals surface area contributed by atoms with Gasteiger partial charge in [-0.25, -0.2) is 0 Å². The Morgan fingerprint density at radius 1 is 1.28 bits per heavy atom. The predicted molar refractivity (Wildman–Crippen MR) is 75.7 cm³/mol. The quantitative estimate of drug-likeness (QED) is 0.947. The maximum atomic E-state index is 6.28. The highest BCUT2D eigenvalue weighted by Crippen LogP contribution is 2.30. The van der Waals surface area contributed by atoms with Gasteiger partial charge < -0.3 is 10.5 Å². The second kappa shape index (κ2) is 5.50. The minimum absolute atomic E-state index is 0.236. The number of pyridine rings is 1. The van der Waals surface area contributed by atoms with Crippen LogP contribution in [0.3, 0.4) is 0 Å². The number of halogens is 1. The first-order valence-electron chi connectivity index (χ1n) is 5.62. The monoisotopic (exact) mass is 306 g/mol. The van der Waals surface area contributed by atoms with Crippen molar-refractivity contribution < 1.29 is 4.74 Å². The molecule has 1 unspecified atom stereocenters. The van der Waals surface area contributed by atoms with Crippen LogP contribution in [0.1, 0.15) is 22.7 Å². The molecule has 1 heterocycles.